The molecule has 0 heterocycles. The molecule has 4 heteroatoms. The SMILES string of the molecule is C[C@H](NS(C)(=O)=O)[C@@H]1C[C@@H]2CC[C@@H]1C2. The molecule has 2 aliphatic rings. The summed E-state index contributed by atoms with van der Waals surface area (Å²) in [4.78, 5) is 0. The second-order valence-corrected chi connectivity index (χ2v) is 6.80. The predicted molar refractivity (Wildman–Crippen MR) is 56.4 cm³/mol. The third-order valence-corrected chi connectivity index (χ3v) is 4.63. The number of hydrogen-bond donors (Lipinski definition) is 1. The van der Waals surface area contributed by atoms with Gasteiger partial charge in [-0.05, 0) is 43.9 Å². The molecule has 0 aromatic rings. The second-order valence-electron chi connectivity index (χ2n) is 5.02. The Balaban J connectivity index is 1.96. The Hall–Kier alpha value is -0.0900. The molecule has 2 saturated carbocycles. The Morgan fingerprint density at radius 3 is 2.43 bits per heavy atom. The molecular weight excluding hydrogens is 198 g/mol. The first-order valence-electron chi connectivity index (χ1n) is 5.43. The number of hydrogen-bond acceptors (Lipinski definition) is 2. The maximum atomic E-state index is 11.1. The molecule has 0 aliphatic heterocycles. The van der Waals surface area contributed by atoms with Crippen molar-refractivity contribution in [3.05, 3.63) is 0 Å². The molecule has 2 fully saturated rings. The van der Waals surface area contributed by atoms with E-state index in [-0.39, 0.29) is 6.04 Å². The molecule has 2 rings (SSSR count). The van der Waals surface area contributed by atoms with Crippen LogP contribution in [0.3, 0.4) is 0 Å². The maximum absolute atomic E-state index is 11.1. The molecule has 2 aliphatic carbocycles. The first-order chi connectivity index (χ1) is 6.46. The highest BCUT2D eigenvalue weighted by Gasteiger charge is 2.42. The van der Waals surface area contributed by atoms with Crippen LogP contribution >= 0.6 is 0 Å². The summed E-state index contributed by atoms with van der Waals surface area (Å²) in [6.45, 7) is 2.01. The van der Waals surface area contributed by atoms with Crippen LogP contribution in [0.1, 0.15) is 32.6 Å². The molecule has 0 unspecified atom stereocenters. The van der Waals surface area contributed by atoms with Crippen LogP contribution < -0.4 is 4.72 Å². The van der Waals surface area contributed by atoms with Gasteiger partial charge in [-0.2, -0.15) is 0 Å². The smallest absolute Gasteiger partial charge is 0.208 e. The summed E-state index contributed by atoms with van der Waals surface area (Å²) in [5.74, 6) is 2.25. The summed E-state index contributed by atoms with van der Waals surface area (Å²) in [7, 11) is -3.03. The van der Waals surface area contributed by atoms with Gasteiger partial charge in [-0.1, -0.05) is 6.42 Å². The minimum absolute atomic E-state index is 0.125. The summed E-state index contributed by atoms with van der Waals surface area (Å²) < 4.78 is 24.9. The fraction of sp³-hybridized carbons (Fsp3) is 1.00. The van der Waals surface area contributed by atoms with Gasteiger partial charge in [0.2, 0.25) is 10.0 Å². The van der Waals surface area contributed by atoms with E-state index >= 15 is 0 Å². The van der Waals surface area contributed by atoms with Crippen molar-refractivity contribution < 1.29 is 8.42 Å². The zero-order chi connectivity index (χ0) is 10.3. The average molecular weight is 217 g/mol. The van der Waals surface area contributed by atoms with E-state index in [4.69, 9.17) is 0 Å². The molecule has 0 aromatic carbocycles. The summed E-state index contributed by atoms with van der Waals surface area (Å²) >= 11 is 0. The van der Waals surface area contributed by atoms with E-state index in [1.54, 1.807) is 0 Å². The minimum Gasteiger partial charge on any atom is -0.213 e. The lowest BCUT2D eigenvalue weighted by Crippen LogP contribution is -2.39. The van der Waals surface area contributed by atoms with Crippen molar-refractivity contribution in [2.24, 2.45) is 17.8 Å². The summed E-state index contributed by atoms with van der Waals surface area (Å²) in [5.41, 5.74) is 0. The van der Waals surface area contributed by atoms with E-state index in [1.807, 2.05) is 6.92 Å². The molecule has 4 atom stereocenters. The molecule has 14 heavy (non-hydrogen) atoms. The quantitative estimate of drug-likeness (QED) is 0.776. The van der Waals surface area contributed by atoms with Crippen molar-refractivity contribution in [2.45, 2.75) is 38.6 Å². The van der Waals surface area contributed by atoms with Gasteiger partial charge in [0.25, 0.3) is 0 Å². The highest BCUT2D eigenvalue weighted by Crippen LogP contribution is 2.49. The van der Waals surface area contributed by atoms with Crippen LogP contribution in [0.4, 0.5) is 0 Å². The van der Waals surface area contributed by atoms with E-state index in [2.05, 4.69) is 4.72 Å². The standard InChI is InChI=1S/C10H19NO2S/c1-7(11-14(2,12)13)10-6-8-3-4-9(10)5-8/h7-11H,3-6H2,1-2H3/t7-,8+,9+,10-/m0/s1. The van der Waals surface area contributed by atoms with Crippen LogP contribution in [0, 0.1) is 17.8 Å². The van der Waals surface area contributed by atoms with Gasteiger partial charge in [0.15, 0.2) is 0 Å². The Labute approximate surface area is 86.3 Å². The maximum Gasteiger partial charge on any atom is 0.208 e. The molecule has 2 bridgehead atoms. The van der Waals surface area contributed by atoms with Gasteiger partial charge < -0.3 is 0 Å². The summed E-state index contributed by atoms with van der Waals surface area (Å²) in [6, 6.07) is 0.125. The van der Waals surface area contributed by atoms with E-state index in [0.29, 0.717) is 5.92 Å². The van der Waals surface area contributed by atoms with Crippen LogP contribution in [0.2, 0.25) is 0 Å². The molecular formula is C10H19NO2S. The first kappa shape index (κ1) is 10.4. The van der Waals surface area contributed by atoms with Crippen molar-refractivity contribution in [3.63, 3.8) is 0 Å². The van der Waals surface area contributed by atoms with Crippen LogP contribution in [-0.4, -0.2) is 20.7 Å². The molecule has 0 spiro atoms. The molecule has 0 aromatic heterocycles. The van der Waals surface area contributed by atoms with Gasteiger partial charge in [-0.3, -0.25) is 0 Å². The first-order valence-corrected chi connectivity index (χ1v) is 7.32. The fourth-order valence-corrected chi connectivity index (χ4v) is 4.18. The van der Waals surface area contributed by atoms with Gasteiger partial charge in [0.1, 0.15) is 0 Å². The van der Waals surface area contributed by atoms with Crippen LogP contribution in [0.25, 0.3) is 0 Å². The zero-order valence-electron chi connectivity index (χ0n) is 8.86. The molecule has 3 nitrogen and oxygen atoms in total. The fourth-order valence-electron chi connectivity index (χ4n) is 3.33. The van der Waals surface area contributed by atoms with Gasteiger partial charge >= 0.3 is 0 Å². The molecule has 0 saturated heterocycles. The molecule has 82 valence electrons. The minimum atomic E-state index is -3.03. The van der Waals surface area contributed by atoms with Crippen LogP contribution in [0.15, 0.2) is 0 Å². The monoisotopic (exact) mass is 217 g/mol. The average Bonchev–Trinajstić information content (AvgIpc) is 2.59. The lowest BCUT2D eigenvalue weighted by atomic mass is 9.84. The molecule has 0 amide bonds. The lowest BCUT2D eigenvalue weighted by Gasteiger charge is -2.27. The lowest BCUT2D eigenvalue weighted by molar-refractivity contribution is 0.280. The highest BCUT2D eigenvalue weighted by molar-refractivity contribution is 7.88. The Bertz CT molecular complexity index is 312. The number of rotatable bonds is 3. The normalized spacial score (nSPS) is 38.9. The van der Waals surface area contributed by atoms with Gasteiger partial charge in [0.05, 0.1) is 6.26 Å². The Kier molecular flexibility index (Phi) is 2.60. The topological polar surface area (TPSA) is 46.2 Å². The Morgan fingerprint density at radius 2 is 2.00 bits per heavy atom. The number of fused-ring (bicyclic) bond motifs is 2. The number of sulfonamides is 1. The molecule has 0 radical (unpaired) electrons. The van der Waals surface area contributed by atoms with E-state index in [0.717, 1.165) is 11.8 Å². The summed E-state index contributed by atoms with van der Waals surface area (Å²) in [5, 5.41) is 0. The van der Waals surface area contributed by atoms with Crippen molar-refractivity contribution in [1.29, 1.82) is 0 Å². The van der Waals surface area contributed by atoms with Crippen molar-refractivity contribution in [1.82, 2.24) is 4.72 Å². The largest absolute Gasteiger partial charge is 0.213 e. The van der Waals surface area contributed by atoms with Crippen LogP contribution in [-0.2, 0) is 10.0 Å². The highest BCUT2D eigenvalue weighted by atomic mass is 32.2. The summed E-state index contributed by atoms with van der Waals surface area (Å²) in [6.07, 6.45) is 6.49. The second kappa shape index (κ2) is 3.49. The zero-order valence-corrected chi connectivity index (χ0v) is 9.68. The third kappa shape index (κ3) is 2.11. The van der Waals surface area contributed by atoms with Gasteiger partial charge in [-0.15, -0.1) is 0 Å². The van der Waals surface area contributed by atoms with E-state index in [1.165, 1.54) is 31.9 Å². The number of nitrogens with one attached hydrogen (secondary N) is 1. The predicted octanol–water partition coefficient (Wildman–Crippen LogP) is 1.36. The third-order valence-electron chi connectivity index (χ3n) is 3.83. The van der Waals surface area contributed by atoms with Crippen molar-refractivity contribution in [3.8, 4) is 0 Å². The van der Waals surface area contributed by atoms with Gasteiger partial charge in [0, 0.05) is 6.04 Å². The van der Waals surface area contributed by atoms with E-state index in [9.17, 15) is 8.42 Å². The Morgan fingerprint density at radius 1 is 1.29 bits per heavy atom. The molecule has 1 N–H and O–H groups in total. The van der Waals surface area contributed by atoms with Crippen molar-refractivity contribution in [2.75, 3.05) is 6.26 Å². The van der Waals surface area contributed by atoms with Gasteiger partial charge in [-0.25, -0.2) is 13.1 Å². The van der Waals surface area contributed by atoms with Crippen molar-refractivity contribution >= 4 is 10.0 Å². The van der Waals surface area contributed by atoms with E-state index < -0.39 is 10.0 Å². The van der Waals surface area contributed by atoms with Crippen LogP contribution in [0.5, 0.6) is 0 Å².